The Hall–Kier alpha value is -3.21. The molecule has 0 bridgehead atoms. The van der Waals surface area contributed by atoms with Gasteiger partial charge in [-0.25, -0.2) is 4.98 Å². The summed E-state index contributed by atoms with van der Waals surface area (Å²) < 4.78 is 0. The van der Waals surface area contributed by atoms with E-state index < -0.39 is 6.04 Å². The first-order valence-corrected chi connectivity index (χ1v) is 8.98. The highest BCUT2D eigenvalue weighted by Gasteiger charge is 2.23. The molecule has 2 aromatic carbocycles. The van der Waals surface area contributed by atoms with Gasteiger partial charge in [-0.1, -0.05) is 60.7 Å². The van der Waals surface area contributed by atoms with Crippen LogP contribution in [0.15, 0.2) is 73.2 Å². The number of benzene rings is 2. The van der Waals surface area contributed by atoms with Crippen molar-refractivity contribution in [3.05, 3.63) is 90.0 Å². The van der Waals surface area contributed by atoms with E-state index in [9.17, 15) is 9.59 Å². The molecule has 1 heterocycles. The Kier molecular flexibility index (Phi) is 6.52. The molecular weight excluding hydrogens is 338 g/mol. The first-order valence-electron chi connectivity index (χ1n) is 8.98. The van der Waals surface area contributed by atoms with E-state index in [1.165, 1.54) is 0 Å². The fraction of sp³-hybridized carbons (Fsp3) is 0.227. The van der Waals surface area contributed by atoms with E-state index in [1.807, 2.05) is 66.9 Å². The van der Waals surface area contributed by atoms with E-state index in [2.05, 4.69) is 15.3 Å². The number of hydrogen-bond donors (Lipinski definition) is 2. The van der Waals surface area contributed by atoms with Gasteiger partial charge in [0.15, 0.2) is 0 Å². The molecular formula is C22H22N3O2. The molecule has 0 saturated carbocycles. The highest BCUT2D eigenvalue weighted by Crippen LogP contribution is 2.16. The second-order valence-electron chi connectivity index (χ2n) is 6.52. The summed E-state index contributed by atoms with van der Waals surface area (Å²) in [5, 5.41) is 2.83. The molecule has 0 aliphatic heterocycles. The Morgan fingerprint density at radius 2 is 1.56 bits per heavy atom. The van der Waals surface area contributed by atoms with Crippen molar-refractivity contribution in [1.29, 1.82) is 0 Å². The topological polar surface area (TPSA) is 74.8 Å². The molecule has 1 atom stereocenters. The predicted octanol–water partition coefficient (Wildman–Crippen LogP) is 2.65. The van der Waals surface area contributed by atoms with Crippen molar-refractivity contribution < 1.29 is 9.59 Å². The third-order valence-corrected chi connectivity index (χ3v) is 4.45. The molecule has 1 amide bonds. The van der Waals surface area contributed by atoms with Crippen molar-refractivity contribution in [2.75, 3.05) is 0 Å². The molecule has 3 aromatic rings. The smallest absolute Gasteiger partial charge is 0.224 e. The molecule has 5 heteroatoms. The molecule has 0 unspecified atom stereocenters. The van der Waals surface area contributed by atoms with Crippen molar-refractivity contribution in [2.24, 2.45) is 5.92 Å². The zero-order valence-electron chi connectivity index (χ0n) is 15.0. The van der Waals surface area contributed by atoms with Crippen LogP contribution in [0.1, 0.15) is 16.8 Å². The summed E-state index contributed by atoms with van der Waals surface area (Å²) in [4.78, 5) is 31.2. The monoisotopic (exact) mass is 360 g/mol. The lowest BCUT2D eigenvalue weighted by molar-refractivity contribution is -0.125. The van der Waals surface area contributed by atoms with E-state index in [0.29, 0.717) is 25.0 Å². The van der Waals surface area contributed by atoms with Crippen molar-refractivity contribution in [3.8, 4) is 0 Å². The Morgan fingerprint density at radius 1 is 0.963 bits per heavy atom. The third-order valence-electron chi connectivity index (χ3n) is 4.45. The lowest BCUT2D eigenvalue weighted by Gasteiger charge is -2.19. The van der Waals surface area contributed by atoms with E-state index >= 15 is 0 Å². The van der Waals surface area contributed by atoms with Crippen LogP contribution in [0.5, 0.6) is 0 Å². The van der Waals surface area contributed by atoms with Crippen LogP contribution in [-0.2, 0) is 28.9 Å². The minimum Gasteiger partial charge on any atom is -0.351 e. The highest BCUT2D eigenvalue weighted by atomic mass is 16.2. The number of hydrogen-bond acceptors (Lipinski definition) is 3. The molecule has 0 saturated heterocycles. The van der Waals surface area contributed by atoms with Gasteiger partial charge < -0.3 is 10.3 Å². The van der Waals surface area contributed by atoms with Gasteiger partial charge in [-0.3, -0.25) is 9.59 Å². The fourth-order valence-electron chi connectivity index (χ4n) is 3.08. The first-order chi connectivity index (χ1) is 13.2. The van der Waals surface area contributed by atoms with Crippen LogP contribution < -0.4 is 5.32 Å². The highest BCUT2D eigenvalue weighted by molar-refractivity contribution is 5.82. The van der Waals surface area contributed by atoms with Crippen molar-refractivity contribution in [2.45, 2.75) is 25.3 Å². The fourth-order valence-corrected chi connectivity index (χ4v) is 3.08. The standard InChI is InChI=1S/C22H22N3O2/c26-15-21(13-20-14-23-16-24-20)25-22(27)19(11-17-7-3-1-4-8-17)12-18-9-5-2-6-10-18/h1-10,14,16,19,21H,11-13H2,(H,23,24)(H,25,27)/t21-/m0/s1. The summed E-state index contributed by atoms with van der Waals surface area (Å²) in [5.74, 6) is -0.420. The SMILES string of the molecule is O=[C][C@H](Cc1c[nH]cn1)NC(=O)C(Cc1ccccc1)Cc1ccccc1. The summed E-state index contributed by atoms with van der Waals surface area (Å²) in [7, 11) is 0. The number of nitrogens with zero attached hydrogens (tertiary/aromatic N) is 1. The van der Waals surface area contributed by atoms with Crippen LogP contribution >= 0.6 is 0 Å². The minimum atomic E-state index is -0.713. The Labute approximate surface area is 158 Å². The second kappa shape index (κ2) is 9.48. The Bertz CT molecular complexity index is 791. The lowest BCUT2D eigenvalue weighted by atomic mass is 9.91. The quantitative estimate of drug-likeness (QED) is 0.616. The van der Waals surface area contributed by atoms with Crippen molar-refractivity contribution >= 4 is 12.2 Å². The van der Waals surface area contributed by atoms with E-state index in [4.69, 9.17) is 0 Å². The van der Waals surface area contributed by atoms with Gasteiger partial charge in [0, 0.05) is 18.5 Å². The van der Waals surface area contributed by atoms with Gasteiger partial charge in [-0.2, -0.15) is 0 Å². The largest absolute Gasteiger partial charge is 0.351 e. The van der Waals surface area contributed by atoms with Gasteiger partial charge in [0.05, 0.1) is 12.0 Å². The summed E-state index contributed by atoms with van der Waals surface area (Å²) in [6.45, 7) is 0. The van der Waals surface area contributed by atoms with Crippen molar-refractivity contribution in [3.63, 3.8) is 0 Å². The van der Waals surface area contributed by atoms with Gasteiger partial charge in [-0.15, -0.1) is 0 Å². The molecule has 27 heavy (non-hydrogen) atoms. The normalized spacial score (nSPS) is 11.9. The zero-order valence-corrected chi connectivity index (χ0v) is 15.0. The first kappa shape index (κ1) is 18.6. The minimum absolute atomic E-state index is 0.147. The third kappa shape index (κ3) is 5.64. The molecule has 3 rings (SSSR count). The molecule has 137 valence electrons. The van der Waals surface area contributed by atoms with E-state index in [1.54, 1.807) is 12.5 Å². The van der Waals surface area contributed by atoms with Crippen LogP contribution in [0.25, 0.3) is 0 Å². The summed E-state index contributed by atoms with van der Waals surface area (Å²) in [5.41, 5.74) is 2.89. The molecule has 0 spiro atoms. The number of H-pyrrole nitrogens is 1. The number of nitrogens with one attached hydrogen (secondary N) is 2. The van der Waals surface area contributed by atoms with Crippen molar-refractivity contribution in [1.82, 2.24) is 15.3 Å². The maximum absolute atomic E-state index is 12.9. The van der Waals surface area contributed by atoms with Crippen LogP contribution in [0.4, 0.5) is 0 Å². The number of aromatic amines is 1. The predicted molar refractivity (Wildman–Crippen MR) is 104 cm³/mol. The average Bonchev–Trinajstić information content (AvgIpc) is 3.21. The molecule has 5 nitrogen and oxygen atoms in total. The summed E-state index contributed by atoms with van der Waals surface area (Å²) in [6, 6.07) is 19.1. The number of aromatic nitrogens is 2. The number of imidazole rings is 1. The van der Waals surface area contributed by atoms with Gasteiger partial charge in [0.1, 0.15) is 6.04 Å². The Balaban J connectivity index is 1.71. The van der Waals surface area contributed by atoms with Crippen LogP contribution in [0, 0.1) is 5.92 Å². The molecule has 0 aliphatic carbocycles. The van der Waals surface area contributed by atoms with Gasteiger partial charge >= 0.3 is 0 Å². The van der Waals surface area contributed by atoms with Gasteiger partial charge in [-0.05, 0) is 24.0 Å². The molecule has 1 aromatic heterocycles. The number of amides is 1. The molecule has 0 fully saturated rings. The summed E-state index contributed by atoms with van der Waals surface area (Å²) in [6.07, 6.45) is 6.71. The summed E-state index contributed by atoms with van der Waals surface area (Å²) >= 11 is 0. The van der Waals surface area contributed by atoms with Crippen LogP contribution in [0.2, 0.25) is 0 Å². The molecule has 2 N–H and O–H groups in total. The zero-order chi connectivity index (χ0) is 18.9. The Morgan fingerprint density at radius 3 is 2.04 bits per heavy atom. The number of rotatable bonds is 9. The number of carbonyl (C=O) groups is 1. The maximum atomic E-state index is 12.9. The maximum Gasteiger partial charge on any atom is 0.224 e. The second-order valence-corrected chi connectivity index (χ2v) is 6.52. The number of carbonyl (C=O) groups excluding carboxylic acids is 2. The van der Waals surface area contributed by atoms with E-state index in [-0.39, 0.29) is 11.8 Å². The van der Waals surface area contributed by atoms with Crippen LogP contribution in [0.3, 0.4) is 0 Å². The molecule has 1 radical (unpaired) electrons. The lowest BCUT2D eigenvalue weighted by Crippen LogP contribution is -2.42. The average molecular weight is 360 g/mol. The molecule has 0 aliphatic rings. The van der Waals surface area contributed by atoms with Gasteiger partial charge in [0.2, 0.25) is 12.2 Å². The van der Waals surface area contributed by atoms with E-state index in [0.717, 1.165) is 11.1 Å². The van der Waals surface area contributed by atoms with Gasteiger partial charge in [0.25, 0.3) is 0 Å². The van der Waals surface area contributed by atoms with Crippen LogP contribution in [-0.4, -0.2) is 28.2 Å².